The predicted molar refractivity (Wildman–Crippen MR) is 99.0 cm³/mol. The molecular formula is C20H17F4N3O3. The molecule has 1 aliphatic rings. The molecule has 0 aliphatic carbocycles. The molecule has 1 saturated heterocycles. The van der Waals surface area contributed by atoms with Gasteiger partial charge in [-0.25, -0.2) is 9.37 Å². The average Bonchev–Trinajstić information content (AvgIpc) is 3.16. The first-order chi connectivity index (χ1) is 14.3. The highest BCUT2D eigenvalue weighted by Crippen LogP contribution is 2.39. The zero-order chi connectivity index (χ0) is 21.5. The molecule has 1 amide bonds. The largest absolute Gasteiger partial charge is 0.459 e. The highest BCUT2D eigenvalue weighted by atomic mass is 19.4. The minimum Gasteiger partial charge on any atom is -0.459 e. The van der Waals surface area contributed by atoms with Crippen LogP contribution < -0.4 is 5.73 Å². The first-order valence-corrected chi connectivity index (χ1v) is 9.15. The van der Waals surface area contributed by atoms with Gasteiger partial charge in [0.15, 0.2) is 11.5 Å². The Kier molecular flexibility index (Phi) is 5.20. The summed E-state index contributed by atoms with van der Waals surface area (Å²) in [5.74, 6) is -1.28. The molecule has 30 heavy (non-hydrogen) atoms. The third-order valence-corrected chi connectivity index (χ3v) is 4.82. The van der Waals surface area contributed by atoms with E-state index < -0.39 is 29.2 Å². The smallest absolute Gasteiger partial charge is 0.420 e. The summed E-state index contributed by atoms with van der Waals surface area (Å²) < 4.78 is 65.5. The molecule has 0 unspecified atom stereocenters. The standard InChI is InChI=1S/C20H17F4N3O3/c21-15-1-2-16(26-17(15)19(28)27-3-5-29-6-4-27)11-7-12-8-13(10-25)30-18(12)14(9-11)20(22,23)24/h1-2,7-9H,3-6,10,25H2. The summed E-state index contributed by atoms with van der Waals surface area (Å²) in [7, 11) is 0. The van der Waals surface area contributed by atoms with Crippen molar-refractivity contribution in [2.75, 3.05) is 26.3 Å². The molecule has 10 heteroatoms. The summed E-state index contributed by atoms with van der Waals surface area (Å²) in [6.45, 7) is 1.15. The Morgan fingerprint density at radius 2 is 1.90 bits per heavy atom. The molecule has 1 aromatic carbocycles. The molecule has 1 fully saturated rings. The van der Waals surface area contributed by atoms with E-state index in [1.807, 2.05) is 0 Å². The number of morpholine rings is 1. The Morgan fingerprint density at radius 1 is 1.17 bits per heavy atom. The van der Waals surface area contributed by atoms with Crippen LogP contribution in [-0.2, 0) is 17.5 Å². The molecule has 3 heterocycles. The van der Waals surface area contributed by atoms with E-state index in [9.17, 15) is 22.4 Å². The van der Waals surface area contributed by atoms with Crippen LogP contribution in [0.1, 0.15) is 21.8 Å². The zero-order valence-electron chi connectivity index (χ0n) is 15.6. The molecule has 2 N–H and O–H groups in total. The molecule has 1 aliphatic heterocycles. The van der Waals surface area contributed by atoms with E-state index in [2.05, 4.69) is 4.98 Å². The van der Waals surface area contributed by atoms with Gasteiger partial charge in [0.1, 0.15) is 11.3 Å². The van der Waals surface area contributed by atoms with E-state index in [0.29, 0.717) is 13.2 Å². The molecule has 2 aromatic heterocycles. The first kappa shape index (κ1) is 20.3. The molecule has 0 atom stereocenters. The Balaban J connectivity index is 1.81. The lowest BCUT2D eigenvalue weighted by Gasteiger charge is -2.26. The van der Waals surface area contributed by atoms with Gasteiger partial charge in [-0.15, -0.1) is 0 Å². The van der Waals surface area contributed by atoms with Crippen molar-refractivity contribution in [1.82, 2.24) is 9.88 Å². The molecular weight excluding hydrogens is 406 g/mol. The van der Waals surface area contributed by atoms with Crippen LogP contribution in [0.25, 0.3) is 22.2 Å². The third-order valence-electron chi connectivity index (χ3n) is 4.82. The number of hydrogen-bond acceptors (Lipinski definition) is 5. The van der Waals surface area contributed by atoms with E-state index in [4.69, 9.17) is 14.9 Å². The number of furan rings is 1. The number of carbonyl (C=O) groups is 1. The van der Waals surface area contributed by atoms with Crippen LogP contribution in [0.5, 0.6) is 0 Å². The average molecular weight is 423 g/mol. The normalized spacial score (nSPS) is 15.0. The summed E-state index contributed by atoms with van der Waals surface area (Å²) in [5.41, 5.74) is 3.82. The highest BCUT2D eigenvalue weighted by Gasteiger charge is 2.35. The molecule has 4 rings (SSSR count). The van der Waals surface area contributed by atoms with Gasteiger partial charge in [0.05, 0.1) is 31.0 Å². The maximum Gasteiger partial charge on any atom is 0.420 e. The summed E-state index contributed by atoms with van der Waals surface area (Å²) in [6.07, 6.45) is -4.69. The van der Waals surface area contributed by atoms with E-state index >= 15 is 0 Å². The molecule has 0 saturated carbocycles. The lowest BCUT2D eigenvalue weighted by Crippen LogP contribution is -2.41. The van der Waals surface area contributed by atoms with E-state index in [0.717, 1.165) is 12.1 Å². The fourth-order valence-electron chi connectivity index (χ4n) is 3.33. The fourth-order valence-corrected chi connectivity index (χ4v) is 3.33. The summed E-state index contributed by atoms with van der Waals surface area (Å²) in [6, 6.07) is 5.98. The number of fused-ring (bicyclic) bond motifs is 1. The SMILES string of the molecule is NCc1cc2cc(-c3ccc(F)c(C(=O)N4CCOCC4)n3)cc(C(F)(F)F)c2o1. The summed E-state index contributed by atoms with van der Waals surface area (Å²) in [5, 5.41) is 0.187. The molecule has 158 valence electrons. The Bertz CT molecular complexity index is 1100. The lowest BCUT2D eigenvalue weighted by atomic mass is 10.0. The highest BCUT2D eigenvalue weighted by molar-refractivity contribution is 5.93. The van der Waals surface area contributed by atoms with Gasteiger partial charge in [0, 0.05) is 24.0 Å². The van der Waals surface area contributed by atoms with E-state index in [-0.39, 0.29) is 47.6 Å². The van der Waals surface area contributed by atoms with Gasteiger partial charge in [-0.05, 0) is 30.3 Å². The van der Waals surface area contributed by atoms with Crippen molar-refractivity contribution in [1.29, 1.82) is 0 Å². The number of amides is 1. The maximum absolute atomic E-state index is 14.3. The second kappa shape index (κ2) is 7.69. The number of hydrogen-bond donors (Lipinski definition) is 1. The number of alkyl halides is 3. The minimum atomic E-state index is -4.69. The number of halogens is 4. The van der Waals surface area contributed by atoms with Gasteiger partial charge in [-0.1, -0.05) is 0 Å². The van der Waals surface area contributed by atoms with Crippen LogP contribution in [0.4, 0.5) is 17.6 Å². The van der Waals surface area contributed by atoms with Crippen molar-refractivity contribution in [3.63, 3.8) is 0 Å². The van der Waals surface area contributed by atoms with Crippen LogP contribution in [-0.4, -0.2) is 42.1 Å². The van der Waals surface area contributed by atoms with Crippen molar-refractivity contribution >= 4 is 16.9 Å². The quantitative estimate of drug-likeness (QED) is 0.652. The fraction of sp³-hybridized carbons (Fsp3) is 0.300. The van der Waals surface area contributed by atoms with E-state index in [1.54, 1.807) is 0 Å². The van der Waals surface area contributed by atoms with Crippen LogP contribution in [0.15, 0.2) is 34.7 Å². The van der Waals surface area contributed by atoms with Gasteiger partial charge >= 0.3 is 6.18 Å². The number of pyridine rings is 1. The van der Waals surface area contributed by atoms with Crippen LogP contribution in [0, 0.1) is 5.82 Å². The third kappa shape index (κ3) is 3.75. The molecule has 3 aromatic rings. The number of aromatic nitrogens is 1. The van der Waals surface area contributed by atoms with Crippen LogP contribution >= 0.6 is 0 Å². The lowest BCUT2D eigenvalue weighted by molar-refractivity contribution is -0.136. The Labute approximate surface area is 168 Å². The van der Waals surface area contributed by atoms with E-state index in [1.165, 1.54) is 23.1 Å². The molecule has 0 bridgehead atoms. The first-order valence-electron chi connectivity index (χ1n) is 9.15. The van der Waals surface area contributed by atoms with Gasteiger partial charge in [0.2, 0.25) is 0 Å². The number of rotatable bonds is 3. The Morgan fingerprint density at radius 3 is 2.57 bits per heavy atom. The second-order valence-electron chi connectivity index (χ2n) is 6.79. The van der Waals surface area contributed by atoms with Crippen molar-refractivity contribution < 1.29 is 31.5 Å². The summed E-state index contributed by atoms with van der Waals surface area (Å²) >= 11 is 0. The van der Waals surface area contributed by atoms with Crippen molar-refractivity contribution in [2.45, 2.75) is 12.7 Å². The van der Waals surface area contributed by atoms with Crippen molar-refractivity contribution in [3.8, 4) is 11.3 Å². The number of carbonyl (C=O) groups excluding carboxylic acids is 1. The van der Waals surface area contributed by atoms with Crippen LogP contribution in [0.2, 0.25) is 0 Å². The molecule has 6 nitrogen and oxygen atoms in total. The Hall–Kier alpha value is -2.98. The minimum absolute atomic E-state index is 0.0379. The number of ether oxygens (including phenoxy) is 1. The van der Waals surface area contributed by atoms with Crippen molar-refractivity contribution in [3.05, 3.63) is 53.2 Å². The van der Waals surface area contributed by atoms with Gasteiger partial charge in [-0.3, -0.25) is 4.79 Å². The molecule has 0 spiro atoms. The van der Waals surface area contributed by atoms with Gasteiger partial charge < -0.3 is 19.8 Å². The number of benzene rings is 1. The zero-order valence-corrected chi connectivity index (χ0v) is 15.6. The van der Waals surface area contributed by atoms with Gasteiger partial charge in [0.25, 0.3) is 5.91 Å². The molecule has 0 radical (unpaired) electrons. The second-order valence-corrected chi connectivity index (χ2v) is 6.79. The number of nitrogens with zero attached hydrogens (tertiary/aromatic N) is 2. The monoisotopic (exact) mass is 423 g/mol. The van der Waals surface area contributed by atoms with Crippen LogP contribution in [0.3, 0.4) is 0 Å². The predicted octanol–water partition coefficient (Wildman–Crippen LogP) is 3.58. The van der Waals surface area contributed by atoms with Crippen molar-refractivity contribution in [2.24, 2.45) is 5.73 Å². The topological polar surface area (TPSA) is 81.6 Å². The van der Waals surface area contributed by atoms with Gasteiger partial charge in [-0.2, -0.15) is 13.2 Å². The number of nitrogens with two attached hydrogens (primary N) is 1. The summed E-state index contributed by atoms with van der Waals surface area (Å²) in [4.78, 5) is 18.1. The maximum atomic E-state index is 14.3.